The average molecular weight is 290 g/mol. The van der Waals surface area contributed by atoms with Gasteiger partial charge in [-0.1, -0.05) is 48.0 Å². The first kappa shape index (κ1) is 14.6. The summed E-state index contributed by atoms with van der Waals surface area (Å²) in [5.74, 6) is -0.958. The molecule has 2 aromatic rings. The summed E-state index contributed by atoms with van der Waals surface area (Å²) >= 11 is 5.97. The summed E-state index contributed by atoms with van der Waals surface area (Å²) in [6.45, 7) is 0. The summed E-state index contributed by atoms with van der Waals surface area (Å²) in [6, 6.07) is 14.9. The lowest BCUT2D eigenvalue weighted by Crippen LogP contribution is -2.30. The van der Waals surface area contributed by atoms with E-state index in [1.54, 1.807) is 0 Å². The molecule has 104 valence electrons. The van der Waals surface area contributed by atoms with Crippen molar-refractivity contribution in [3.8, 4) is 11.1 Å². The molecule has 0 spiro atoms. The van der Waals surface area contributed by atoms with Crippen LogP contribution in [0, 0.1) is 0 Å². The van der Waals surface area contributed by atoms with Crippen LogP contribution in [0.25, 0.3) is 11.1 Å². The molecule has 3 nitrogen and oxygen atoms in total. The third-order valence-corrected chi connectivity index (χ3v) is 3.41. The zero-order valence-corrected chi connectivity index (χ0v) is 11.7. The predicted molar refractivity (Wildman–Crippen MR) is 80.8 cm³/mol. The van der Waals surface area contributed by atoms with Gasteiger partial charge in [-0.2, -0.15) is 0 Å². The molecule has 0 heterocycles. The Morgan fingerprint density at radius 3 is 2.45 bits per heavy atom. The van der Waals surface area contributed by atoms with Crippen molar-refractivity contribution in [1.82, 2.24) is 0 Å². The standard InChI is InChI=1S/C16H16ClNO2/c17-14-3-1-2-13(10-14)12-7-4-11(5-8-12)6-9-15(18)16(19)20/h1-5,7-8,10,15H,6,9,18H2,(H,19,20). The maximum Gasteiger partial charge on any atom is 0.320 e. The molecule has 0 aromatic heterocycles. The van der Waals surface area contributed by atoms with Gasteiger partial charge in [-0.05, 0) is 41.7 Å². The van der Waals surface area contributed by atoms with Crippen molar-refractivity contribution in [3.05, 3.63) is 59.1 Å². The number of rotatable bonds is 5. The summed E-state index contributed by atoms with van der Waals surface area (Å²) in [5, 5.41) is 9.45. The third-order valence-electron chi connectivity index (χ3n) is 3.17. The maximum absolute atomic E-state index is 10.7. The number of aryl methyl sites for hydroxylation is 1. The Hall–Kier alpha value is -1.84. The van der Waals surface area contributed by atoms with Crippen LogP contribution in [-0.2, 0) is 11.2 Å². The van der Waals surface area contributed by atoms with Gasteiger partial charge in [0.05, 0.1) is 0 Å². The lowest BCUT2D eigenvalue weighted by atomic mass is 10.0. The zero-order chi connectivity index (χ0) is 14.5. The van der Waals surface area contributed by atoms with Gasteiger partial charge in [-0.15, -0.1) is 0 Å². The molecule has 3 N–H and O–H groups in total. The second kappa shape index (κ2) is 6.55. The zero-order valence-electron chi connectivity index (χ0n) is 10.9. The second-order valence-corrected chi connectivity index (χ2v) is 5.13. The number of hydrogen-bond donors (Lipinski definition) is 2. The number of carbonyl (C=O) groups is 1. The number of aliphatic carboxylic acids is 1. The topological polar surface area (TPSA) is 63.3 Å². The molecule has 0 saturated carbocycles. The fraction of sp³-hybridized carbons (Fsp3) is 0.188. The van der Waals surface area contributed by atoms with Crippen molar-refractivity contribution in [3.63, 3.8) is 0 Å². The third kappa shape index (κ3) is 3.83. The Labute approximate surface area is 123 Å². The highest BCUT2D eigenvalue weighted by atomic mass is 35.5. The van der Waals surface area contributed by atoms with E-state index in [1.807, 2.05) is 48.5 Å². The van der Waals surface area contributed by atoms with Crippen LogP contribution in [0.4, 0.5) is 0 Å². The molecular weight excluding hydrogens is 274 g/mol. The van der Waals surface area contributed by atoms with Crippen molar-refractivity contribution in [1.29, 1.82) is 0 Å². The highest BCUT2D eigenvalue weighted by Crippen LogP contribution is 2.23. The number of benzene rings is 2. The Morgan fingerprint density at radius 2 is 1.85 bits per heavy atom. The SMILES string of the molecule is NC(CCc1ccc(-c2cccc(Cl)c2)cc1)C(=O)O. The van der Waals surface area contributed by atoms with E-state index in [0.29, 0.717) is 17.9 Å². The molecule has 0 radical (unpaired) electrons. The number of hydrogen-bond acceptors (Lipinski definition) is 2. The van der Waals surface area contributed by atoms with Crippen molar-refractivity contribution >= 4 is 17.6 Å². The molecule has 20 heavy (non-hydrogen) atoms. The molecule has 0 aliphatic carbocycles. The minimum Gasteiger partial charge on any atom is -0.480 e. The fourth-order valence-corrected chi connectivity index (χ4v) is 2.17. The van der Waals surface area contributed by atoms with Crippen LogP contribution in [-0.4, -0.2) is 17.1 Å². The van der Waals surface area contributed by atoms with E-state index in [2.05, 4.69) is 0 Å². The van der Waals surface area contributed by atoms with Crippen LogP contribution < -0.4 is 5.73 Å². The minimum absolute atomic E-state index is 0.436. The number of halogens is 1. The molecule has 0 fully saturated rings. The largest absolute Gasteiger partial charge is 0.480 e. The lowest BCUT2D eigenvalue weighted by Gasteiger charge is -2.07. The highest BCUT2D eigenvalue weighted by molar-refractivity contribution is 6.30. The molecule has 1 unspecified atom stereocenters. The Morgan fingerprint density at radius 1 is 1.15 bits per heavy atom. The molecular formula is C16H16ClNO2. The molecule has 0 saturated heterocycles. The van der Waals surface area contributed by atoms with Gasteiger partial charge in [0.25, 0.3) is 0 Å². The van der Waals surface area contributed by atoms with E-state index < -0.39 is 12.0 Å². The van der Waals surface area contributed by atoms with E-state index in [1.165, 1.54) is 0 Å². The Bertz CT molecular complexity index is 596. The normalized spacial score (nSPS) is 12.1. The van der Waals surface area contributed by atoms with E-state index >= 15 is 0 Å². The fourth-order valence-electron chi connectivity index (χ4n) is 1.98. The van der Waals surface area contributed by atoms with Crippen molar-refractivity contribution in [2.45, 2.75) is 18.9 Å². The van der Waals surface area contributed by atoms with Gasteiger partial charge in [-0.25, -0.2) is 0 Å². The van der Waals surface area contributed by atoms with Gasteiger partial charge >= 0.3 is 5.97 Å². The van der Waals surface area contributed by atoms with Gasteiger partial charge in [0.1, 0.15) is 6.04 Å². The highest BCUT2D eigenvalue weighted by Gasteiger charge is 2.10. The first-order valence-corrected chi connectivity index (χ1v) is 6.77. The Kier molecular flexibility index (Phi) is 4.77. The maximum atomic E-state index is 10.7. The lowest BCUT2D eigenvalue weighted by molar-refractivity contribution is -0.138. The van der Waals surface area contributed by atoms with Gasteiger partial charge in [0.2, 0.25) is 0 Å². The molecule has 2 aromatic carbocycles. The molecule has 4 heteroatoms. The van der Waals surface area contributed by atoms with Crippen LogP contribution in [0.15, 0.2) is 48.5 Å². The van der Waals surface area contributed by atoms with Crippen LogP contribution in [0.5, 0.6) is 0 Å². The second-order valence-electron chi connectivity index (χ2n) is 4.69. The summed E-state index contributed by atoms with van der Waals surface area (Å²) in [7, 11) is 0. The average Bonchev–Trinajstić information content (AvgIpc) is 2.45. The molecule has 0 bridgehead atoms. The summed E-state index contributed by atoms with van der Waals surface area (Å²) < 4.78 is 0. The Balaban J connectivity index is 2.05. The quantitative estimate of drug-likeness (QED) is 0.887. The predicted octanol–water partition coefficient (Wildman–Crippen LogP) is 3.35. The van der Waals surface area contributed by atoms with Crippen LogP contribution in [0.3, 0.4) is 0 Å². The first-order valence-electron chi connectivity index (χ1n) is 6.39. The number of carboxylic acids is 1. The van der Waals surface area contributed by atoms with Gasteiger partial charge in [0.15, 0.2) is 0 Å². The van der Waals surface area contributed by atoms with E-state index in [-0.39, 0.29) is 0 Å². The van der Waals surface area contributed by atoms with Gasteiger partial charge in [0, 0.05) is 5.02 Å². The molecule has 0 aliphatic rings. The van der Waals surface area contributed by atoms with Gasteiger partial charge < -0.3 is 10.8 Å². The number of nitrogens with two attached hydrogens (primary N) is 1. The minimum atomic E-state index is -0.958. The van der Waals surface area contributed by atoms with E-state index in [9.17, 15) is 4.79 Å². The van der Waals surface area contributed by atoms with Crippen LogP contribution in [0.1, 0.15) is 12.0 Å². The smallest absolute Gasteiger partial charge is 0.320 e. The molecule has 1 atom stereocenters. The summed E-state index contributed by atoms with van der Waals surface area (Å²) in [4.78, 5) is 10.7. The number of carboxylic acid groups (broad SMARTS) is 1. The van der Waals surface area contributed by atoms with Crippen LogP contribution in [0.2, 0.25) is 5.02 Å². The van der Waals surface area contributed by atoms with Crippen molar-refractivity contribution in [2.75, 3.05) is 0 Å². The van der Waals surface area contributed by atoms with Crippen molar-refractivity contribution in [2.24, 2.45) is 5.73 Å². The summed E-state index contributed by atoms with van der Waals surface area (Å²) in [5.41, 5.74) is 8.71. The summed E-state index contributed by atoms with van der Waals surface area (Å²) in [6.07, 6.45) is 1.09. The molecule has 0 amide bonds. The van der Waals surface area contributed by atoms with Crippen LogP contribution >= 0.6 is 11.6 Å². The molecule has 0 aliphatic heterocycles. The van der Waals surface area contributed by atoms with E-state index in [0.717, 1.165) is 16.7 Å². The monoisotopic (exact) mass is 289 g/mol. The first-order chi connectivity index (χ1) is 9.56. The van der Waals surface area contributed by atoms with Crippen molar-refractivity contribution < 1.29 is 9.90 Å². The molecule has 2 rings (SSSR count). The van der Waals surface area contributed by atoms with E-state index in [4.69, 9.17) is 22.4 Å². The van der Waals surface area contributed by atoms with Gasteiger partial charge in [-0.3, -0.25) is 4.79 Å².